The number of rotatable bonds is 3. The standard InChI is InChI=1S/C20H17F3N6O/c1-20(2)9-29-15(8-30-20)16(17(28-29)13-4-3-10(21)6-24-13)11-5-14(18(22)23)26-19-12(11)7-25-27-19/h3-7,18H,8-9H2,1-2H3,(H,25,26,27). The Labute approximate surface area is 168 Å². The van der Waals surface area contributed by atoms with Gasteiger partial charge in [-0.25, -0.2) is 18.2 Å². The lowest BCUT2D eigenvalue weighted by Crippen LogP contribution is -2.36. The van der Waals surface area contributed by atoms with E-state index in [1.807, 2.05) is 13.8 Å². The monoisotopic (exact) mass is 414 g/mol. The molecule has 5 heterocycles. The first-order valence-corrected chi connectivity index (χ1v) is 9.30. The molecule has 7 nitrogen and oxygen atoms in total. The average Bonchev–Trinajstić information content (AvgIpc) is 3.31. The van der Waals surface area contributed by atoms with Crippen LogP contribution in [0, 0.1) is 5.82 Å². The summed E-state index contributed by atoms with van der Waals surface area (Å²) in [4.78, 5) is 8.12. The highest BCUT2D eigenvalue weighted by molar-refractivity contribution is 5.97. The molecule has 4 aromatic rings. The zero-order chi connectivity index (χ0) is 21.0. The summed E-state index contributed by atoms with van der Waals surface area (Å²) < 4.78 is 48.3. The summed E-state index contributed by atoms with van der Waals surface area (Å²) >= 11 is 0. The number of halogens is 3. The fraction of sp³-hybridized carbons (Fsp3) is 0.300. The minimum absolute atomic E-state index is 0.238. The number of H-pyrrole nitrogens is 1. The zero-order valence-electron chi connectivity index (χ0n) is 16.2. The molecule has 0 spiro atoms. The molecule has 0 saturated heterocycles. The Morgan fingerprint density at radius 3 is 2.80 bits per heavy atom. The summed E-state index contributed by atoms with van der Waals surface area (Å²) in [5.41, 5.74) is 2.13. The highest BCUT2D eigenvalue weighted by Gasteiger charge is 2.32. The Kier molecular flexibility index (Phi) is 4.14. The molecule has 0 fully saturated rings. The normalized spacial score (nSPS) is 15.7. The van der Waals surface area contributed by atoms with Crippen LogP contribution in [0.4, 0.5) is 13.2 Å². The van der Waals surface area contributed by atoms with Crippen molar-refractivity contribution in [3.05, 3.63) is 47.8 Å². The summed E-state index contributed by atoms with van der Waals surface area (Å²) in [7, 11) is 0. The van der Waals surface area contributed by atoms with Crippen LogP contribution in [0.25, 0.3) is 33.5 Å². The Morgan fingerprint density at radius 1 is 1.23 bits per heavy atom. The summed E-state index contributed by atoms with van der Waals surface area (Å²) in [5.74, 6) is -0.477. The van der Waals surface area contributed by atoms with Gasteiger partial charge in [0, 0.05) is 16.5 Å². The van der Waals surface area contributed by atoms with Gasteiger partial charge in [0.15, 0.2) is 5.65 Å². The quantitative estimate of drug-likeness (QED) is 0.542. The molecule has 1 N–H and O–H groups in total. The van der Waals surface area contributed by atoms with E-state index in [4.69, 9.17) is 9.84 Å². The number of hydrogen-bond acceptors (Lipinski definition) is 5. The van der Waals surface area contributed by atoms with Gasteiger partial charge in [-0.3, -0.25) is 14.8 Å². The van der Waals surface area contributed by atoms with Crippen molar-refractivity contribution in [2.75, 3.05) is 0 Å². The van der Waals surface area contributed by atoms with Crippen molar-refractivity contribution in [1.29, 1.82) is 0 Å². The second-order valence-electron chi connectivity index (χ2n) is 7.77. The van der Waals surface area contributed by atoms with Gasteiger partial charge in [0.05, 0.1) is 42.5 Å². The zero-order valence-corrected chi connectivity index (χ0v) is 16.2. The fourth-order valence-corrected chi connectivity index (χ4v) is 3.69. The molecule has 30 heavy (non-hydrogen) atoms. The lowest BCUT2D eigenvalue weighted by molar-refractivity contribution is -0.0657. The second kappa shape index (κ2) is 6.63. The van der Waals surface area contributed by atoms with E-state index in [9.17, 15) is 13.2 Å². The average molecular weight is 414 g/mol. The molecule has 0 aliphatic carbocycles. The molecule has 0 radical (unpaired) electrons. The van der Waals surface area contributed by atoms with Crippen molar-refractivity contribution in [2.24, 2.45) is 0 Å². The smallest absolute Gasteiger partial charge is 0.280 e. The molecule has 154 valence electrons. The molecule has 0 aromatic carbocycles. The van der Waals surface area contributed by atoms with Crippen molar-refractivity contribution < 1.29 is 17.9 Å². The molecule has 1 aliphatic rings. The fourth-order valence-electron chi connectivity index (χ4n) is 3.69. The SMILES string of the molecule is CC1(C)Cn2nc(-c3ccc(F)cn3)c(-c3cc(C(F)F)nc4[nH]ncc34)c2CO1. The highest BCUT2D eigenvalue weighted by Crippen LogP contribution is 2.41. The molecule has 0 amide bonds. The van der Waals surface area contributed by atoms with E-state index >= 15 is 0 Å². The third-order valence-electron chi connectivity index (χ3n) is 5.09. The van der Waals surface area contributed by atoms with Crippen LogP contribution in [0.15, 0.2) is 30.6 Å². The van der Waals surface area contributed by atoms with E-state index in [1.165, 1.54) is 24.4 Å². The topological polar surface area (TPSA) is 81.5 Å². The van der Waals surface area contributed by atoms with Crippen molar-refractivity contribution in [1.82, 2.24) is 29.9 Å². The Hall–Kier alpha value is -3.27. The highest BCUT2D eigenvalue weighted by atomic mass is 19.3. The first-order chi connectivity index (χ1) is 14.3. The first-order valence-electron chi connectivity index (χ1n) is 9.30. The number of aromatic amines is 1. The van der Waals surface area contributed by atoms with Gasteiger partial charge >= 0.3 is 0 Å². The van der Waals surface area contributed by atoms with Crippen molar-refractivity contribution in [3.63, 3.8) is 0 Å². The molecule has 0 saturated carbocycles. The van der Waals surface area contributed by atoms with Crippen LogP contribution in [0.2, 0.25) is 0 Å². The summed E-state index contributed by atoms with van der Waals surface area (Å²) in [5, 5.41) is 11.9. The van der Waals surface area contributed by atoms with E-state index in [-0.39, 0.29) is 17.9 Å². The van der Waals surface area contributed by atoms with Crippen LogP contribution in [0.1, 0.15) is 31.7 Å². The van der Waals surface area contributed by atoms with Crippen LogP contribution < -0.4 is 0 Å². The van der Waals surface area contributed by atoms with Gasteiger partial charge in [0.25, 0.3) is 6.43 Å². The van der Waals surface area contributed by atoms with Crippen LogP contribution in [0.3, 0.4) is 0 Å². The number of nitrogens with zero attached hydrogens (tertiary/aromatic N) is 5. The van der Waals surface area contributed by atoms with Crippen LogP contribution >= 0.6 is 0 Å². The minimum Gasteiger partial charge on any atom is -0.367 e. The molecular formula is C20H17F3N6O. The minimum atomic E-state index is -2.76. The number of pyridine rings is 2. The third-order valence-corrected chi connectivity index (χ3v) is 5.09. The molecule has 10 heteroatoms. The van der Waals surface area contributed by atoms with Gasteiger partial charge in [-0.1, -0.05) is 0 Å². The predicted molar refractivity (Wildman–Crippen MR) is 102 cm³/mol. The van der Waals surface area contributed by atoms with Gasteiger partial charge in [-0.2, -0.15) is 10.2 Å². The summed E-state index contributed by atoms with van der Waals surface area (Å²) in [6.45, 7) is 4.60. The van der Waals surface area contributed by atoms with Crippen LogP contribution in [0.5, 0.6) is 0 Å². The Bertz CT molecular complexity index is 1250. The maximum Gasteiger partial charge on any atom is 0.280 e. The maximum absolute atomic E-state index is 13.5. The van der Waals surface area contributed by atoms with E-state index in [0.717, 1.165) is 11.9 Å². The number of ether oxygens (including phenoxy) is 1. The maximum atomic E-state index is 13.5. The molecule has 0 bridgehead atoms. The lowest BCUT2D eigenvalue weighted by atomic mass is 9.97. The van der Waals surface area contributed by atoms with Gasteiger partial charge < -0.3 is 4.74 Å². The summed E-state index contributed by atoms with van der Waals surface area (Å²) in [6.07, 6.45) is -0.125. The van der Waals surface area contributed by atoms with Gasteiger partial charge in [-0.05, 0) is 32.0 Å². The predicted octanol–water partition coefficient (Wildman–Crippen LogP) is 4.27. The van der Waals surface area contributed by atoms with Crippen molar-refractivity contribution in [2.45, 2.75) is 39.0 Å². The van der Waals surface area contributed by atoms with Crippen LogP contribution in [-0.4, -0.2) is 35.5 Å². The number of alkyl halides is 2. The third kappa shape index (κ3) is 3.04. The number of fused-ring (bicyclic) bond motifs is 2. The van der Waals surface area contributed by atoms with E-state index in [1.54, 1.807) is 4.68 Å². The lowest BCUT2D eigenvalue weighted by Gasteiger charge is -2.31. The number of hydrogen-bond donors (Lipinski definition) is 1. The summed E-state index contributed by atoms with van der Waals surface area (Å²) in [6, 6.07) is 4.14. The second-order valence-corrected chi connectivity index (χ2v) is 7.77. The van der Waals surface area contributed by atoms with Gasteiger partial charge in [0.2, 0.25) is 0 Å². The first kappa shape index (κ1) is 18.7. The van der Waals surface area contributed by atoms with Gasteiger partial charge in [0.1, 0.15) is 17.2 Å². The van der Waals surface area contributed by atoms with Gasteiger partial charge in [-0.15, -0.1) is 0 Å². The largest absolute Gasteiger partial charge is 0.367 e. The molecule has 1 aliphatic heterocycles. The van der Waals surface area contributed by atoms with Crippen molar-refractivity contribution in [3.8, 4) is 22.5 Å². The molecule has 5 rings (SSSR count). The Balaban J connectivity index is 1.82. The Morgan fingerprint density at radius 2 is 2.07 bits per heavy atom. The van der Waals surface area contributed by atoms with E-state index < -0.39 is 17.8 Å². The molecular weight excluding hydrogens is 397 g/mol. The molecule has 0 atom stereocenters. The molecule has 0 unspecified atom stereocenters. The molecule has 4 aromatic heterocycles. The van der Waals surface area contributed by atoms with Crippen LogP contribution in [-0.2, 0) is 17.9 Å². The van der Waals surface area contributed by atoms with E-state index in [2.05, 4.69) is 20.2 Å². The van der Waals surface area contributed by atoms with Crippen molar-refractivity contribution >= 4 is 11.0 Å². The number of nitrogens with one attached hydrogen (secondary N) is 1. The van der Waals surface area contributed by atoms with E-state index in [0.29, 0.717) is 34.4 Å². The number of aromatic nitrogens is 6.